The monoisotopic (exact) mass is 973 g/mol. The molecule has 19 heteroatoms. The quantitative estimate of drug-likeness (QED) is 0.0329. The summed E-state index contributed by atoms with van der Waals surface area (Å²) in [5.41, 5.74) is 10.1. The van der Waals surface area contributed by atoms with E-state index in [0.717, 1.165) is 115 Å². The second-order valence-electron chi connectivity index (χ2n) is 20.0. The highest BCUT2D eigenvalue weighted by atomic mass is 19.4. The minimum absolute atomic E-state index is 0.0406. The number of aliphatic hydroxyl groups is 2. The number of nitrogens with two attached hydrogens (primary N) is 2. The zero-order valence-electron chi connectivity index (χ0n) is 40.9. The van der Waals surface area contributed by atoms with Crippen molar-refractivity contribution in [2.24, 2.45) is 17.4 Å². The topological polar surface area (TPSA) is 234 Å². The van der Waals surface area contributed by atoms with Gasteiger partial charge in [-0.1, -0.05) is 90.2 Å². The van der Waals surface area contributed by atoms with Crippen molar-refractivity contribution in [2.75, 3.05) is 19.6 Å². The predicted octanol–water partition coefficient (Wildman–Crippen LogP) is 4.85. The van der Waals surface area contributed by atoms with Crippen molar-refractivity contribution in [3.8, 4) is 0 Å². The molecule has 8 N–H and O–H groups in total. The molecule has 6 heterocycles. The number of amides is 1. The van der Waals surface area contributed by atoms with Gasteiger partial charge < -0.3 is 55.4 Å². The molecule has 16 nitrogen and oxygen atoms in total. The maximum Gasteiger partial charge on any atom is 0.430 e. The summed E-state index contributed by atoms with van der Waals surface area (Å²) >= 11 is 0. The molecule has 6 aliphatic heterocycles. The summed E-state index contributed by atoms with van der Waals surface area (Å²) in [6, 6.07) is 0.361. The molecule has 1 unspecified atom stereocenters. The van der Waals surface area contributed by atoms with Crippen LogP contribution >= 0.6 is 0 Å². The van der Waals surface area contributed by atoms with Gasteiger partial charge in [0.25, 0.3) is 5.91 Å². The maximum absolute atomic E-state index is 14.4. The van der Waals surface area contributed by atoms with Gasteiger partial charge in [0, 0.05) is 32.2 Å². The van der Waals surface area contributed by atoms with E-state index in [9.17, 15) is 33.0 Å². The van der Waals surface area contributed by atoms with E-state index in [-0.39, 0.29) is 67.4 Å². The average molecular weight is 973 g/mol. The third-order valence-electron chi connectivity index (χ3n) is 14.7. The Balaban J connectivity index is 0.00000114. The van der Waals surface area contributed by atoms with E-state index in [1.807, 2.05) is 0 Å². The number of carbonyl (C=O) groups is 3. The van der Waals surface area contributed by atoms with Crippen LogP contribution in [0.5, 0.6) is 0 Å². The Hall–Kier alpha value is -3.07. The third kappa shape index (κ3) is 14.5. The zero-order valence-corrected chi connectivity index (χ0v) is 40.9. The summed E-state index contributed by atoms with van der Waals surface area (Å²) in [5, 5.41) is 38.0. The number of ether oxygens (including phenoxy) is 4. The number of unbranched alkanes of at least 4 members (excludes halogenated alkanes) is 10. The first-order chi connectivity index (χ1) is 32.4. The van der Waals surface area contributed by atoms with Crippen molar-refractivity contribution in [2.45, 2.75) is 247 Å². The Morgan fingerprint density at radius 1 is 0.941 bits per heavy atom. The van der Waals surface area contributed by atoms with Crippen LogP contribution in [-0.2, 0) is 33.3 Å². The Morgan fingerprint density at radius 2 is 1.60 bits per heavy atom. The lowest BCUT2D eigenvalue weighted by atomic mass is 9.80. The number of carboxylic acids is 1. The molecule has 0 aromatic carbocycles. The number of halogens is 3. The molecule has 0 aliphatic carbocycles. The van der Waals surface area contributed by atoms with Gasteiger partial charge in [-0.2, -0.15) is 13.2 Å². The Bertz CT molecular complexity index is 1690. The number of esters is 1. The van der Waals surface area contributed by atoms with Crippen LogP contribution in [0.25, 0.3) is 0 Å². The van der Waals surface area contributed by atoms with Crippen molar-refractivity contribution in [1.82, 2.24) is 15.5 Å². The van der Waals surface area contributed by atoms with Gasteiger partial charge in [0.15, 0.2) is 17.9 Å². The summed E-state index contributed by atoms with van der Waals surface area (Å²) in [5.74, 6) is -4.65. The molecule has 0 aromatic heterocycles. The number of aliphatic hydroxyl groups excluding tert-OH is 1. The van der Waals surface area contributed by atoms with E-state index >= 15 is 0 Å². The van der Waals surface area contributed by atoms with Crippen molar-refractivity contribution < 1.29 is 66.4 Å². The van der Waals surface area contributed by atoms with Crippen molar-refractivity contribution >= 4 is 23.8 Å². The molecule has 1 amide bonds. The molecule has 4 saturated heterocycles. The number of rotatable bonds is 24. The number of nitrogens with zero attached hydrogens (tertiary/aromatic N) is 2. The van der Waals surface area contributed by atoms with Gasteiger partial charge in [-0.05, 0) is 90.6 Å². The summed E-state index contributed by atoms with van der Waals surface area (Å²) in [4.78, 5) is 37.5. The molecule has 2 spiro atoms. The molecular formula is C49H83F3N6O10. The lowest BCUT2D eigenvalue weighted by Gasteiger charge is -2.50. The van der Waals surface area contributed by atoms with Crippen LogP contribution in [-0.4, -0.2) is 129 Å². The molecule has 11 atom stereocenters. The molecule has 68 heavy (non-hydrogen) atoms. The Morgan fingerprint density at radius 3 is 2.21 bits per heavy atom. The minimum atomic E-state index is -5.19. The number of alkyl halides is 3. The van der Waals surface area contributed by atoms with Gasteiger partial charge in [0.2, 0.25) is 11.5 Å². The fourth-order valence-corrected chi connectivity index (χ4v) is 11.3. The number of nitrogens with one attached hydrogen (secondary N) is 2. The van der Waals surface area contributed by atoms with E-state index in [1.54, 1.807) is 0 Å². The Labute approximate surface area is 401 Å². The first-order valence-electron chi connectivity index (χ1n) is 26.0. The normalized spacial score (nSPS) is 32.8. The number of guanidine groups is 1. The number of carboxylic acid groups (broad SMARTS) is 1. The van der Waals surface area contributed by atoms with Crippen LogP contribution in [0.1, 0.15) is 181 Å². The highest BCUT2D eigenvalue weighted by molar-refractivity contribution is 5.83. The summed E-state index contributed by atoms with van der Waals surface area (Å²) in [6.45, 7) is 7.24. The van der Waals surface area contributed by atoms with Gasteiger partial charge in [-0.3, -0.25) is 14.2 Å². The fraction of sp³-hybridized carbons (Fsp3) is 0.878. The van der Waals surface area contributed by atoms with E-state index in [0.29, 0.717) is 25.4 Å². The molecule has 0 radical (unpaired) electrons. The van der Waals surface area contributed by atoms with Gasteiger partial charge in [-0.15, -0.1) is 0 Å². The van der Waals surface area contributed by atoms with Crippen LogP contribution in [0.15, 0.2) is 12.2 Å². The fourth-order valence-electron chi connectivity index (χ4n) is 11.3. The smallest absolute Gasteiger partial charge is 0.430 e. The molecule has 6 rings (SSSR count). The van der Waals surface area contributed by atoms with Crippen LogP contribution in [0.3, 0.4) is 0 Å². The van der Waals surface area contributed by atoms with Crippen LogP contribution in [0, 0.1) is 5.92 Å². The predicted molar refractivity (Wildman–Crippen MR) is 246 cm³/mol. The highest BCUT2D eigenvalue weighted by Gasteiger charge is 2.65. The first kappa shape index (κ1) is 55.9. The van der Waals surface area contributed by atoms with Gasteiger partial charge in [0.1, 0.15) is 18.2 Å². The van der Waals surface area contributed by atoms with Crippen LogP contribution in [0.4, 0.5) is 13.2 Å². The molecule has 390 valence electrons. The molecule has 0 saturated carbocycles. The average Bonchev–Trinajstić information content (AvgIpc) is 3.89. The number of hydrogen-bond acceptors (Lipinski definition) is 14. The number of aliphatic carboxylic acids is 1. The van der Waals surface area contributed by atoms with Crippen LogP contribution < -0.4 is 27.2 Å². The lowest BCUT2D eigenvalue weighted by molar-refractivity contribution is -0.608. The second-order valence-corrected chi connectivity index (χ2v) is 20.0. The number of carbonyl (C=O) groups excluding carboxylic acids is 3. The zero-order chi connectivity index (χ0) is 49.5. The van der Waals surface area contributed by atoms with E-state index in [4.69, 9.17) is 40.3 Å². The SMILES string of the molecule is CC/C=C/[C@@H]1CC[C@]2(C[C@H]3CC[C@H]4[C@@H](C(=O)OC(CC)CCCCCCCCCCCCC[C@@H]5O[C@](O)(CCN)[C@H](O)N(CCCN)C5=O)[C@@]5(CCC[C@H](C)O5)NC(=[N+]34)N2)O1.O=C([O-])C(F)(F)F. The second kappa shape index (κ2) is 25.9. The summed E-state index contributed by atoms with van der Waals surface area (Å²) < 4.78 is 59.8. The third-order valence-corrected chi connectivity index (χ3v) is 14.7. The lowest BCUT2D eigenvalue weighted by Crippen LogP contribution is -2.76. The van der Waals surface area contributed by atoms with Crippen LogP contribution in [0.2, 0.25) is 0 Å². The van der Waals surface area contributed by atoms with Crippen molar-refractivity contribution in [1.29, 1.82) is 0 Å². The number of morpholine rings is 1. The van der Waals surface area contributed by atoms with Gasteiger partial charge in [0.05, 0.1) is 24.3 Å². The van der Waals surface area contributed by atoms with E-state index in [1.165, 1.54) is 37.0 Å². The standard InChI is InChI=1S/C47H82N6O8.C2HF3O2/c1-4-6-21-37-26-28-45(60-37)33-35-24-25-38-40(46(27-18-20-34(3)59-46)51-44(50-45)53(35)38)42(55)58-36(5-2)22-16-14-12-10-8-7-9-11-13-15-17-23-39-41(54)52(32-19-30-48)43(56)47(57,61-39)29-31-49;3-2(4,5)1(6)7/h6,21,34-40,43,56-57H,4-5,7-20,22-33,48-49H2,1-3H3,(H,50,51);(H,6,7)/b21-6+;/t34-,35+,36?,37+,38-,39-,40-,43-,45+,46-,47+;/m0./s1. The van der Waals surface area contributed by atoms with E-state index in [2.05, 4.69) is 48.1 Å². The van der Waals surface area contributed by atoms with Crippen molar-refractivity contribution in [3.63, 3.8) is 0 Å². The maximum atomic E-state index is 14.4. The Kier molecular flexibility index (Phi) is 21.2. The number of hydrogen-bond donors (Lipinski definition) is 6. The van der Waals surface area contributed by atoms with Gasteiger partial charge >= 0.3 is 18.1 Å². The highest BCUT2D eigenvalue weighted by Crippen LogP contribution is 2.47. The largest absolute Gasteiger partial charge is 0.542 e. The molecular weight excluding hydrogens is 890 g/mol. The molecule has 4 fully saturated rings. The van der Waals surface area contributed by atoms with E-state index < -0.39 is 36.0 Å². The van der Waals surface area contributed by atoms with Gasteiger partial charge in [-0.25, -0.2) is 10.6 Å². The molecule has 6 aliphatic rings. The number of allylic oxidation sites excluding steroid dienone is 1. The molecule has 0 aromatic rings. The minimum Gasteiger partial charge on any atom is -0.542 e. The first-order valence-corrected chi connectivity index (χ1v) is 26.0. The summed E-state index contributed by atoms with van der Waals surface area (Å²) in [6.07, 6.45) is 20.9. The molecule has 0 bridgehead atoms. The summed E-state index contributed by atoms with van der Waals surface area (Å²) in [7, 11) is 0. The van der Waals surface area contributed by atoms with Crippen molar-refractivity contribution in [3.05, 3.63) is 12.2 Å².